The number of nitrogens with one attached hydrogen (secondary N) is 1. The van der Waals surface area contributed by atoms with Crippen molar-refractivity contribution in [2.24, 2.45) is 0 Å². The van der Waals surface area contributed by atoms with Crippen molar-refractivity contribution in [3.63, 3.8) is 0 Å². The summed E-state index contributed by atoms with van der Waals surface area (Å²) in [6, 6.07) is 13.3. The summed E-state index contributed by atoms with van der Waals surface area (Å²) in [5, 5.41) is 2.31. The number of amides is 1. The lowest BCUT2D eigenvalue weighted by molar-refractivity contribution is -0.137. The fourth-order valence-electron chi connectivity index (χ4n) is 1.73. The lowest BCUT2D eigenvalue weighted by Gasteiger charge is -2.02. The van der Waals surface area contributed by atoms with Gasteiger partial charge in [0.15, 0.2) is 5.03 Å². The Morgan fingerprint density at radius 2 is 1.92 bits per heavy atom. The zero-order valence-corrected chi connectivity index (χ0v) is 13.8. The van der Waals surface area contributed by atoms with Gasteiger partial charge >= 0.3 is 5.97 Å². The Kier molecular flexibility index (Phi) is 6.83. The molecule has 1 aromatic heterocycles. The maximum Gasteiger partial charge on any atom is 0.384 e. The highest BCUT2D eigenvalue weighted by atomic mass is 32.2. The van der Waals surface area contributed by atoms with E-state index in [1.165, 1.54) is 18.2 Å². The molecular weight excluding hydrogens is 344 g/mol. The van der Waals surface area contributed by atoms with Crippen molar-refractivity contribution in [1.82, 2.24) is 10.3 Å². The Morgan fingerprint density at radius 1 is 1.16 bits per heavy atom. The Balaban J connectivity index is 1.79. The van der Waals surface area contributed by atoms with E-state index in [-0.39, 0.29) is 23.9 Å². The van der Waals surface area contributed by atoms with Gasteiger partial charge in [0.1, 0.15) is 12.3 Å². The molecule has 1 heterocycles. The Morgan fingerprint density at radius 3 is 2.64 bits per heavy atom. The smallest absolute Gasteiger partial charge is 0.384 e. The minimum atomic E-state index is -2.27. The van der Waals surface area contributed by atoms with Gasteiger partial charge in [-0.2, -0.15) is 0 Å². The van der Waals surface area contributed by atoms with Crippen LogP contribution in [-0.2, 0) is 27.2 Å². The molecule has 0 spiro atoms. The summed E-state index contributed by atoms with van der Waals surface area (Å²) >= 11 is -2.27. The van der Waals surface area contributed by atoms with Crippen LogP contribution in [0.15, 0.2) is 53.6 Å². The molecule has 8 heteroatoms. The number of hydrogen-bond acceptors (Lipinski definition) is 5. The zero-order chi connectivity index (χ0) is 18.1. The number of benzene rings is 1. The molecule has 0 bridgehead atoms. The second-order valence-corrected chi connectivity index (χ2v) is 5.57. The molecule has 2 aromatic rings. The van der Waals surface area contributed by atoms with Crippen molar-refractivity contribution < 1.29 is 23.1 Å². The van der Waals surface area contributed by atoms with Gasteiger partial charge in [-0.15, -0.1) is 0 Å². The first-order chi connectivity index (χ1) is 12.1. The molecule has 7 nitrogen and oxygen atoms in total. The molecule has 0 saturated carbocycles. The molecule has 0 fully saturated rings. The Hall–Kier alpha value is -3.02. The summed E-state index contributed by atoms with van der Waals surface area (Å²) in [6.45, 7) is 0.0309. The van der Waals surface area contributed by atoms with Gasteiger partial charge in [-0.05, 0) is 17.7 Å². The molecule has 0 aliphatic heterocycles. The number of aromatic nitrogens is 1. The molecule has 0 aliphatic rings. The fourth-order valence-corrected chi connectivity index (χ4v) is 2.10. The number of hydrogen-bond donors (Lipinski definition) is 2. The van der Waals surface area contributed by atoms with Crippen molar-refractivity contribution in [2.45, 2.75) is 11.6 Å². The summed E-state index contributed by atoms with van der Waals surface area (Å²) in [4.78, 5) is 27.1. The molecule has 1 unspecified atom stereocenters. The van der Waals surface area contributed by atoms with Gasteiger partial charge in [0, 0.05) is 5.92 Å². The van der Waals surface area contributed by atoms with E-state index in [4.69, 9.17) is 9.29 Å². The van der Waals surface area contributed by atoms with Gasteiger partial charge in [-0.3, -0.25) is 4.79 Å². The van der Waals surface area contributed by atoms with Crippen LogP contribution in [0.25, 0.3) is 0 Å². The summed E-state index contributed by atoms with van der Waals surface area (Å²) in [5.41, 5.74) is 0.825. The molecule has 0 aliphatic carbocycles. The monoisotopic (exact) mass is 358 g/mol. The van der Waals surface area contributed by atoms with Crippen molar-refractivity contribution in [1.29, 1.82) is 0 Å². The van der Waals surface area contributed by atoms with Crippen LogP contribution in [0.3, 0.4) is 0 Å². The van der Waals surface area contributed by atoms with E-state index < -0.39 is 23.0 Å². The van der Waals surface area contributed by atoms with E-state index in [1.807, 2.05) is 30.3 Å². The summed E-state index contributed by atoms with van der Waals surface area (Å²) in [6.07, 6.45) is 0. The topological polar surface area (TPSA) is 106 Å². The first-order valence-corrected chi connectivity index (χ1v) is 8.22. The first kappa shape index (κ1) is 18.3. The lowest BCUT2D eigenvalue weighted by atomic mass is 10.2. The molecule has 0 radical (unpaired) electrons. The van der Waals surface area contributed by atoms with Crippen LogP contribution < -0.4 is 5.32 Å². The average molecular weight is 358 g/mol. The van der Waals surface area contributed by atoms with Crippen LogP contribution >= 0.6 is 0 Å². The molecule has 2 rings (SSSR count). The van der Waals surface area contributed by atoms with Gasteiger partial charge in [0.2, 0.25) is 11.1 Å². The van der Waals surface area contributed by atoms with Gasteiger partial charge in [0.05, 0.1) is 6.54 Å². The normalized spacial score (nSPS) is 10.9. The average Bonchev–Trinajstić information content (AvgIpc) is 2.64. The molecule has 0 saturated heterocycles. The predicted molar refractivity (Wildman–Crippen MR) is 89.6 cm³/mol. The third kappa shape index (κ3) is 6.18. The number of carbonyl (C=O) groups excluding carboxylic acids is 2. The highest BCUT2D eigenvalue weighted by molar-refractivity contribution is 7.79. The second kappa shape index (κ2) is 9.32. The highest BCUT2D eigenvalue weighted by Crippen LogP contribution is 2.03. The molecule has 1 amide bonds. The molecular formula is C17H14N2O5S. The van der Waals surface area contributed by atoms with Crippen LogP contribution in [0.4, 0.5) is 0 Å². The maximum atomic E-state index is 11.8. The molecule has 1 atom stereocenters. The number of ether oxygens (including phenoxy) is 1. The highest BCUT2D eigenvalue weighted by Gasteiger charge is 2.09. The molecule has 2 N–H and O–H groups in total. The van der Waals surface area contributed by atoms with Gasteiger partial charge in [0.25, 0.3) is 5.91 Å². The van der Waals surface area contributed by atoms with Crippen molar-refractivity contribution in [3.8, 4) is 11.8 Å². The SMILES string of the molecule is O=C(C#CCNC(=O)c1cccc(S(=O)O)n1)OCc1ccccc1. The van der Waals surface area contributed by atoms with Gasteiger partial charge in [-0.25, -0.2) is 14.0 Å². The lowest BCUT2D eigenvalue weighted by Crippen LogP contribution is -2.25. The largest absolute Gasteiger partial charge is 0.451 e. The van der Waals surface area contributed by atoms with E-state index in [1.54, 1.807) is 0 Å². The predicted octanol–water partition coefficient (Wildman–Crippen LogP) is 1.14. The van der Waals surface area contributed by atoms with Gasteiger partial charge < -0.3 is 14.6 Å². The third-order valence-electron chi connectivity index (χ3n) is 2.88. The van der Waals surface area contributed by atoms with Crippen LogP contribution in [-0.4, -0.2) is 32.2 Å². The Bertz CT molecular complexity index is 843. The van der Waals surface area contributed by atoms with E-state index in [9.17, 15) is 13.8 Å². The fraction of sp³-hybridized carbons (Fsp3) is 0.118. The molecule has 25 heavy (non-hydrogen) atoms. The number of nitrogens with zero attached hydrogens (tertiary/aromatic N) is 1. The summed E-state index contributed by atoms with van der Waals surface area (Å²) in [7, 11) is 0. The van der Waals surface area contributed by atoms with Crippen LogP contribution in [0, 0.1) is 11.8 Å². The standard InChI is InChI=1S/C17H14N2O5S/c20-16(24-12-13-6-2-1-3-7-13)10-5-11-18-17(21)14-8-4-9-15(19-14)25(22)23/h1-4,6-9H,11-12H2,(H,18,21)(H,22,23). The third-order valence-corrected chi connectivity index (χ3v) is 3.46. The van der Waals surface area contributed by atoms with Crippen LogP contribution in [0.1, 0.15) is 16.1 Å². The van der Waals surface area contributed by atoms with Crippen LogP contribution in [0.2, 0.25) is 0 Å². The van der Waals surface area contributed by atoms with Crippen molar-refractivity contribution >= 4 is 23.0 Å². The summed E-state index contributed by atoms with van der Waals surface area (Å²) < 4.78 is 24.8. The number of esters is 1. The van der Waals surface area contributed by atoms with E-state index in [2.05, 4.69) is 22.1 Å². The summed E-state index contributed by atoms with van der Waals surface area (Å²) in [5.74, 6) is 3.45. The maximum absolute atomic E-state index is 11.8. The van der Waals surface area contributed by atoms with Crippen molar-refractivity contribution in [3.05, 3.63) is 59.8 Å². The zero-order valence-electron chi connectivity index (χ0n) is 13.0. The molecule has 1 aromatic carbocycles. The van der Waals surface area contributed by atoms with Gasteiger partial charge in [-0.1, -0.05) is 42.3 Å². The first-order valence-electron chi connectivity index (χ1n) is 7.12. The number of rotatable bonds is 5. The minimum absolute atomic E-state index is 0.0200. The Labute approximate surface area is 146 Å². The quantitative estimate of drug-likeness (QED) is 0.359. The van der Waals surface area contributed by atoms with E-state index in [0.717, 1.165) is 5.56 Å². The number of pyridine rings is 1. The molecule has 128 valence electrons. The second-order valence-electron chi connectivity index (χ2n) is 4.66. The van der Waals surface area contributed by atoms with E-state index >= 15 is 0 Å². The van der Waals surface area contributed by atoms with E-state index in [0.29, 0.717) is 0 Å². The number of carbonyl (C=O) groups is 2. The van der Waals surface area contributed by atoms with Crippen LogP contribution in [0.5, 0.6) is 0 Å². The van der Waals surface area contributed by atoms with Crippen molar-refractivity contribution in [2.75, 3.05) is 6.54 Å². The minimum Gasteiger partial charge on any atom is -0.451 e.